The van der Waals surface area contributed by atoms with Gasteiger partial charge in [0, 0.05) is 12.1 Å². The topological polar surface area (TPSA) is 58.2 Å². The van der Waals surface area contributed by atoms with Gasteiger partial charge in [-0.05, 0) is 43.7 Å². The molecular formula is C18H22N2O2. The predicted molar refractivity (Wildman–Crippen MR) is 85.4 cm³/mol. The van der Waals surface area contributed by atoms with E-state index in [2.05, 4.69) is 16.7 Å². The second-order valence-electron chi connectivity index (χ2n) is 6.03. The van der Waals surface area contributed by atoms with Gasteiger partial charge in [-0.2, -0.15) is 0 Å². The van der Waals surface area contributed by atoms with Gasteiger partial charge in [0.15, 0.2) is 0 Å². The number of amides is 2. The third-order valence-electron chi connectivity index (χ3n) is 4.43. The first kappa shape index (κ1) is 14.8. The maximum absolute atomic E-state index is 12.1. The third-order valence-corrected chi connectivity index (χ3v) is 4.43. The van der Waals surface area contributed by atoms with Crippen molar-refractivity contribution in [1.29, 1.82) is 0 Å². The fourth-order valence-electron chi connectivity index (χ4n) is 3.23. The van der Waals surface area contributed by atoms with Crippen molar-refractivity contribution in [1.82, 2.24) is 10.6 Å². The van der Waals surface area contributed by atoms with Crippen molar-refractivity contribution < 1.29 is 9.59 Å². The first-order chi connectivity index (χ1) is 10.7. The van der Waals surface area contributed by atoms with Crippen LogP contribution in [0.3, 0.4) is 0 Å². The summed E-state index contributed by atoms with van der Waals surface area (Å²) in [5.74, 6) is -0.0841. The molecule has 116 valence electrons. The van der Waals surface area contributed by atoms with Crippen LogP contribution in [-0.2, 0) is 4.79 Å². The molecule has 1 aliphatic heterocycles. The van der Waals surface area contributed by atoms with Crippen LogP contribution in [-0.4, -0.2) is 18.4 Å². The predicted octanol–water partition coefficient (Wildman–Crippen LogP) is 2.87. The zero-order valence-electron chi connectivity index (χ0n) is 12.7. The summed E-state index contributed by atoms with van der Waals surface area (Å²) < 4.78 is 0. The molecule has 4 heteroatoms. The number of carbonyl (C=O) groups excluding carboxylic acids is 2. The first-order valence-corrected chi connectivity index (χ1v) is 8.08. The van der Waals surface area contributed by atoms with E-state index in [-0.39, 0.29) is 17.9 Å². The highest BCUT2D eigenvalue weighted by atomic mass is 16.2. The maximum Gasteiger partial charge on any atom is 0.252 e. The van der Waals surface area contributed by atoms with Crippen molar-refractivity contribution in [2.75, 3.05) is 6.54 Å². The van der Waals surface area contributed by atoms with Gasteiger partial charge in [-0.1, -0.05) is 29.8 Å². The number of nitrogens with one attached hydrogen (secondary N) is 2. The van der Waals surface area contributed by atoms with Gasteiger partial charge in [0.05, 0.1) is 12.5 Å². The van der Waals surface area contributed by atoms with Crippen LogP contribution < -0.4 is 10.6 Å². The Morgan fingerprint density at radius 1 is 1.27 bits per heavy atom. The standard InChI is InChI=1S/C18H22N2O2/c21-17(19-11-10-13-6-2-1-3-7-13)12-16-14-8-4-5-9-15(14)18(22)20-16/h4-6,8-9,16H,1-3,7,10-12H2,(H,19,21)(H,20,22)/t16-/m0/s1. The Kier molecular flexibility index (Phi) is 4.56. The second-order valence-corrected chi connectivity index (χ2v) is 6.03. The number of rotatable bonds is 5. The van der Waals surface area contributed by atoms with Crippen molar-refractivity contribution in [2.24, 2.45) is 0 Å². The number of carbonyl (C=O) groups is 2. The minimum Gasteiger partial charge on any atom is -0.356 e. The van der Waals surface area contributed by atoms with E-state index >= 15 is 0 Å². The lowest BCUT2D eigenvalue weighted by Crippen LogP contribution is -2.29. The molecule has 0 spiro atoms. The molecule has 1 heterocycles. The lowest BCUT2D eigenvalue weighted by atomic mass is 9.97. The lowest BCUT2D eigenvalue weighted by molar-refractivity contribution is -0.121. The van der Waals surface area contributed by atoms with Crippen molar-refractivity contribution >= 4 is 11.8 Å². The smallest absolute Gasteiger partial charge is 0.252 e. The molecule has 2 amide bonds. The largest absolute Gasteiger partial charge is 0.356 e. The summed E-state index contributed by atoms with van der Waals surface area (Å²) >= 11 is 0. The van der Waals surface area contributed by atoms with Crippen molar-refractivity contribution in [3.63, 3.8) is 0 Å². The maximum atomic E-state index is 12.1. The molecule has 0 aromatic heterocycles. The minimum absolute atomic E-state index is 0.00147. The van der Waals surface area contributed by atoms with Crippen molar-refractivity contribution in [3.8, 4) is 0 Å². The number of hydrogen-bond donors (Lipinski definition) is 2. The zero-order chi connectivity index (χ0) is 15.4. The highest BCUT2D eigenvalue weighted by molar-refractivity contribution is 5.99. The molecule has 0 saturated carbocycles. The van der Waals surface area contributed by atoms with Gasteiger partial charge in [-0.25, -0.2) is 0 Å². The quantitative estimate of drug-likeness (QED) is 0.821. The average molecular weight is 298 g/mol. The Balaban J connectivity index is 1.48. The van der Waals surface area contributed by atoms with Gasteiger partial charge < -0.3 is 10.6 Å². The lowest BCUT2D eigenvalue weighted by Gasteiger charge is -2.14. The molecule has 22 heavy (non-hydrogen) atoms. The van der Waals surface area contributed by atoms with Gasteiger partial charge in [0.25, 0.3) is 5.91 Å². The average Bonchev–Trinajstić information content (AvgIpc) is 2.85. The number of allylic oxidation sites excluding steroid dienone is 1. The summed E-state index contributed by atoms with van der Waals surface area (Å²) in [7, 11) is 0. The van der Waals surface area contributed by atoms with E-state index < -0.39 is 0 Å². The molecule has 1 atom stereocenters. The van der Waals surface area contributed by atoms with Crippen LogP contribution >= 0.6 is 0 Å². The number of benzene rings is 1. The molecule has 0 saturated heterocycles. The van der Waals surface area contributed by atoms with E-state index in [9.17, 15) is 9.59 Å². The summed E-state index contributed by atoms with van der Waals surface area (Å²) in [6, 6.07) is 7.27. The van der Waals surface area contributed by atoms with Gasteiger partial charge in [-0.15, -0.1) is 0 Å². The Bertz CT molecular complexity index is 607. The molecular weight excluding hydrogens is 276 g/mol. The Morgan fingerprint density at radius 2 is 2.14 bits per heavy atom. The van der Waals surface area contributed by atoms with E-state index in [0.29, 0.717) is 18.5 Å². The highest BCUT2D eigenvalue weighted by Crippen LogP contribution is 2.27. The van der Waals surface area contributed by atoms with Crippen LogP contribution in [0.2, 0.25) is 0 Å². The summed E-state index contributed by atoms with van der Waals surface area (Å²) in [5.41, 5.74) is 3.08. The fourth-order valence-corrected chi connectivity index (χ4v) is 3.23. The van der Waals surface area contributed by atoms with E-state index in [1.54, 1.807) is 6.07 Å². The van der Waals surface area contributed by atoms with E-state index in [1.807, 2.05) is 18.2 Å². The normalized spacial score (nSPS) is 20.1. The summed E-state index contributed by atoms with van der Waals surface area (Å²) in [5, 5.41) is 5.85. The van der Waals surface area contributed by atoms with E-state index in [0.717, 1.165) is 12.0 Å². The Hall–Kier alpha value is -2.10. The van der Waals surface area contributed by atoms with Gasteiger partial charge >= 0.3 is 0 Å². The fraction of sp³-hybridized carbons (Fsp3) is 0.444. The number of fused-ring (bicyclic) bond motifs is 1. The molecule has 0 radical (unpaired) electrons. The summed E-state index contributed by atoms with van der Waals surface area (Å²) in [4.78, 5) is 23.9. The van der Waals surface area contributed by atoms with E-state index in [1.165, 1.54) is 31.3 Å². The minimum atomic E-state index is -0.197. The zero-order valence-corrected chi connectivity index (χ0v) is 12.7. The van der Waals surface area contributed by atoms with Crippen LogP contribution in [0, 0.1) is 0 Å². The third kappa shape index (κ3) is 3.38. The first-order valence-electron chi connectivity index (χ1n) is 8.08. The van der Waals surface area contributed by atoms with Gasteiger partial charge in [0.2, 0.25) is 5.91 Å². The molecule has 4 nitrogen and oxygen atoms in total. The Labute approximate surface area is 131 Å². The van der Waals surface area contributed by atoms with Crippen LogP contribution in [0.25, 0.3) is 0 Å². The summed E-state index contributed by atoms with van der Waals surface area (Å²) in [6.45, 7) is 0.687. The van der Waals surface area contributed by atoms with Crippen LogP contribution in [0.5, 0.6) is 0 Å². The van der Waals surface area contributed by atoms with Crippen molar-refractivity contribution in [3.05, 3.63) is 47.0 Å². The molecule has 2 N–H and O–H groups in total. The molecule has 1 aliphatic carbocycles. The van der Waals surface area contributed by atoms with Crippen molar-refractivity contribution in [2.45, 2.75) is 44.6 Å². The highest BCUT2D eigenvalue weighted by Gasteiger charge is 2.29. The molecule has 2 aliphatic rings. The summed E-state index contributed by atoms with van der Waals surface area (Å²) in [6.07, 6.45) is 8.46. The molecule has 0 fully saturated rings. The van der Waals surface area contributed by atoms with Gasteiger partial charge in [-0.3, -0.25) is 9.59 Å². The van der Waals surface area contributed by atoms with Crippen LogP contribution in [0.1, 0.15) is 60.5 Å². The second kappa shape index (κ2) is 6.77. The Morgan fingerprint density at radius 3 is 2.95 bits per heavy atom. The monoisotopic (exact) mass is 298 g/mol. The molecule has 1 aromatic rings. The van der Waals surface area contributed by atoms with Gasteiger partial charge in [0.1, 0.15) is 0 Å². The molecule has 3 rings (SSSR count). The molecule has 0 unspecified atom stereocenters. The van der Waals surface area contributed by atoms with E-state index in [4.69, 9.17) is 0 Å². The SMILES string of the molecule is O=C(C[C@@H]1NC(=O)c2ccccc21)NCCC1=CCCCC1. The van der Waals surface area contributed by atoms with Crippen LogP contribution in [0.4, 0.5) is 0 Å². The molecule has 1 aromatic carbocycles. The van der Waals surface area contributed by atoms with Crippen LogP contribution in [0.15, 0.2) is 35.9 Å². The number of hydrogen-bond acceptors (Lipinski definition) is 2. The molecule has 0 bridgehead atoms.